The first-order chi connectivity index (χ1) is 13.1. The summed E-state index contributed by atoms with van der Waals surface area (Å²) in [6, 6.07) is 15.4. The van der Waals surface area contributed by atoms with E-state index in [0.717, 1.165) is 5.69 Å². The van der Waals surface area contributed by atoms with Crippen molar-refractivity contribution in [2.75, 3.05) is 12.4 Å². The molecule has 0 radical (unpaired) electrons. The molecule has 1 heterocycles. The normalized spacial score (nSPS) is 10.7. The highest BCUT2D eigenvalue weighted by atomic mass is 35.5. The van der Waals surface area contributed by atoms with E-state index in [9.17, 15) is 9.90 Å². The zero-order valence-electron chi connectivity index (χ0n) is 14.5. The van der Waals surface area contributed by atoms with Gasteiger partial charge in [-0.15, -0.1) is 0 Å². The van der Waals surface area contributed by atoms with Gasteiger partial charge in [-0.3, -0.25) is 4.79 Å². The number of hydrogen-bond donors (Lipinski definition) is 2. The Balaban J connectivity index is 1.80. The van der Waals surface area contributed by atoms with Crippen LogP contribution >= 0.6 is 11.6 Å². The van der Waals surface area contributed by atoms with Crippen LogP contribution < -0.4 is 10.1 Å². The number of hydrogen-bond acceptors (Lipinski definition) is 5. The molecule has 0 saturated carbocycles. The first-order valence-electron chi connectivity index (χ1n) is 8.14. The Hall–Kier alpha value is -3.31. The molecular weight excluding hydrogens is 364 g/mol. The second-order valence-corrected chi connectivity index (χ2v) is 6.10. The second kappa shape index (κ2) is 8.38. The summed E-state index contributed by atoms with van der Waals surface area (Å²) in [6.45, 7) is 0. The number of nitrogens with zero attached hydrogens (tertiary/aromatic N) is 1. The maximum atomic E-state index is 12.6. The predicted octanol–water partition coefficient (Wildman–Crippen LogP) is 5.09. The maximum absolute atomic E-state index is 12.6. The van der Waals surface area contributed by atoms with Crippen molar-refractivity contribution < 1.29 is 14.6 Å². The van der Waals surface area contributed by atoms with E-state index in [1.165, 1.54) is 19.3 Å². The zero-order chi connectivity index (χ0) is 19.2. The Morgan fingerprint density at radius 3 is 2.67 bits per heavy atom. The molecule has 0 bridgehead atoms. The van der Waals surface area contributed by atoms with Crippen LogP contribution in [0, 0.1) is 0 Å². The molecule has 27 heavy (non-hydrogen) atoms. The number of ether oxygens (including phenoxy) is 1. The largest absolute Gasteiger partial charge is 0.504 e. The maximum Gasteiger partial charge on any atom is 0.189 e. The Morgan fingerprint density at radius 2 is 1.96 bits per heavy atom. The molecular formula is C21H17ClN2O3. The Kier molecular flexibility index (Phi) is 5.74. The summed E-state index contributed by atoms with van der Waals surface area (Å²) in [6.07, 6.45) is 4.67. The van der Waals surface area contributed by atoms with Gasteiger partial charge in [0, 0.05) is 16.9 Å². The molecule has 0 fully saturated rings. The van der Waals surface area contributed by atoms with Crippen LogP contribution in [0.15, 0.2) is 66.9 Å². The van der Waals surface area contributed by atoms with Crippen LogP contribution in [-0.2, 0) is 0 Å². The van der Waals surface area contributed by atoms with Gasteiger partial charge < -0.3 is 15.2 Å². The highest BCUT2D eigenvalue weighted by Crippen LogP contribution is 2.27. The number of phenols is 1. The Labute approximate surface area is 161 Å². The highest BCUT2D eigenvalue weighted by molar-refractivity contribution is 6.30. The number of anilines is 2. The molecule has 2 aromatic carbocycles. The number of aromatic hydroxyl groups is 1. The lowest BCUT2D eigenvalue weighted by molar-refractivity contribution is 0.104. The lowest BCUT2D eigenvalue weighted by atomic mass is 10.1. The van der Waals surface area contributed by atoms with Gasteiger partial charge in [-0.05, 0) is 60.2 Å². The molecule has 5 nitrogen and oxygen atoms in total. The number of methoxy groups -OCH3 is 1. The average Bonchev–Trinajstić information content (AvgIpc) is 2.68. The summed E-state index contributed by atoms with van der Waals surface area (Å²) in [5, 5.41) is 13.6. The number of halogens is 1. The van der Waals surface area contributed by atoms with Crippen LogP contribution in [0.4, 0.5) is 11.5 Å². The van der Waals surface area contributed by atoms with Gasteiger partial charge in [-0.25, -0.2) is 4.98 Å². The van der Waals surface area contributed by atoms with Crippen molar-refractivity contribution in [3.8, 4) is 11.5 Å². The fraction of sp³-hybridized carbons (Fsp3) is 0.0476. The number of pyridine rings is 1. The minimum absolute atomic E-state index is 0.0126. The molecule has 0 atom stereocenters. The van der Waals surface area contributed by atoms with Crippen molar-refractivity contribution in [3.05, 3.63) is 83.0 Å². The fourth-order valence-corrected chi connectivity index (χ4v) is 2.57. The van der Waals surface area contributed by atoms with Crippen molar-refractivity contribution in [1.29, 1.82) is 0 Å². The van der Waals surface area contributed by atoms with E-state index < -0.39 is 0 Å². The van der Waals surface area contributed by atoms with Crippen LogP contribution in [0.1, 0.15) is 15.9 Å². The summed E-state index contributed by atoms with van der Waals surface area (Å²) >= 11 is 5.89. The quantitative estimate of drug-likeness (QED) is 0.460. The monoisotopic (exact) mass is 380 g/mol. The first-order valence-corrected chi connectivity index (χ1v) is 8.51. The molecule has 3 rings (SSSR count). The van der Waals surface area contributed by atoms with Gasteiger partial charge in [0.15, 0.2) is 17.3 Å². The smallest absolute Gasteiger partial charge is 0.189 e. The Morgan fingerprint density at radius 1 is 1.19 bits per heavy atom. The van der Waals surface area contributed by atoms with Crippen LogP contribution in [0.5, 0.6) is 11.5 Å². The van der Waals surface area contributed by atoms with E-state index in [4.69, 9.17) is 16.3 Å². The molecule has 0 spiro atoms. The molecule has 2 N–H and O–H groups in total. The number of rotatable bonds is 6. The van der Waals surface area contributed by atoms with Crippen molar-refractivity contribution in [2.45, 2.75) is 0 Å². The molecule has 0 unspecified atom stereocenters. The standard InChI is InChI=1S/C21H17ClN2O3/c1-27-20-11-5-14(13-19(20)26)4-10-18(25)17-3-2-12-23-21(17)24-16-8-6-15(22)7-9-16/h2-13,26H,1H3,(H,23,24)/b10-4+. The third-order valence-corrected chi connectivity index (χ3v) is 4.06. The molecule has 0 aliphatic carbocycles. The highest BCUT2D eigenvalue weighted by Gasteiger charge is 2.10. The predicted molar refractivity (Wildman–Crippen MR) is 107 cm³/mol. The van der Waals surface area contributed by atoms with Crippen molar-refractivity contribution in [1.82, 2.24) is 4.98 Å². The van der Waals surface area contributed by atoms with Gasteiger partial charge in [-0.1, -0.05) is 23.7 Å². The minimum Gasteiger partial charge on any atom is -0.504 e. The third kappa shape index (κ3) is 4.65. The van der Waals surface area contributed by atoms with Crippen molar-refractivity contribution >= 4 is 35.0 Å². The van der Waals surface area contributed by atoms with Gasteiger partial charge >= 0.3 is 0 Å². The SMILES string of the molecule is COc1ccc(/C=C/C(=O)c2cccnc2Nc2ccc(Cl)cc2)cc1O. The van der Waals surface area contributed by atoms with Gasteiger partial charge in [-0.2, -0.15) is 0 Å². The van der Waals surface area contributed by atoms with Crippen LogP contribution in [0.2, 0.25) is 5.02 Å². The molecule has 0 aliphatic rings. The number of carbonyl (C=O) groups is 1. The molecule has 6 heteroatoms. The van der Waals surface area contributed by atoms with Crippen molar-refractivity contribution in [3.63, 3.8) is 0 Å². The van der Waals surface area contributed by atoms with Crippen LogP contribution in [0.3, 0.4) is 0 Å². The second-order valence-electron chi connectivity index (χ2n) is 5.66. The van der Waals surface area contributed by atoms with E-state index in [1.54, 1.807) is 60.8 Å². The summed E-state index contributed by atoms with van der Waals surface area (Å²) < 4.78 is 5.01. The number of carbonyl (C=O) groups excluding carboxylic acids is 1. The summed E-state index contributed by atoms with van der Waals surface area (Å²) in [7, 11) is 1.48. The molecule has 3 aromatic rings. The number of phenolic OH excluding ortho intramolecular Hbond substituents is 1. The summed E-state index contributed by atoms with van der Waals surface area (Å²) in [5.41, 5.74) is 1.88. The number of aromatic nitrogens is 1. The number of ketones is 1. The van der Waals surface area contributed by atoms with Crippen molar-refractivity contribution in [2.24, 2.45) is 0 Å². The molecule has 136 valence electrons. The lowest BCUT2D eigenvalue weighted by Crippen LogP contribution is -2.03. The van der Waals surface area contributed by atoms with E-state index in [1.807, 2.05) is 0 Å². The number of nitrogens with one attached hydrogen (secondary N) is 1. The van der Waals surface area contributed by atoms with Gasteiger partial charge in [0.25, 0.3) is 0 Å². The number of allylic oxidation sites excluding steroid dienone is 1. The number of benzene rings is 2. The van der Waals surface area contributed by atoms with E-state index in [0.29, 0.717) is 27.7 Å². The van der Waals surface area contributed by atoms with Gasteiger partial charge in [0.2, 0.25) is 0 Å². The summed E-state index contributed by atoms with van der Waals surface area (Å²) in [4.78, 5) is 16.9. The minimum atomic E-state index is -0.213. The van der Waals surface area contributed by atoms with Gasteiger partial charge in [0.1, 0.15) is 5.82 Å². The third-order valence-electron chi connectivity index (χ3n) is 3.81. The average molecular weight is 381 g/mol. The Bertz CT molecular complexity index is 985. The van der Waals surface area contributed by atoms with E-state index >= 15 is 0 Å². The lowest BCUT2D eigenvalue weighted by Gasteiger charge is -2.09. The fourth-order valence-electron chi connectivity index (χ4n) is 2.45. The van der Waals surface area contributed by atoms with E-state index in [2.05, 4.69) is 10.3 Å². The molecule has 0 aliphatic heterocycles. The zero-order valence-corrected chi connectivity index (χ0v) is 15.3. The van der Waals surface area contributed by atoms with Crippen LogP contribution in [-0.4, -0.2) is 23.0 Å². The first kappa shape index (κ1) is 18.5. The topological polar surface area (TPSA) is 71.5 Å². The molecule has 1 aromatic heterocycles. The van der Waals surface area contributed by atoms with Crippen LogP contribution in [0.25, 0.3) is 6.08 Å². The van der Waals surface area contributed by atoms with E-state index in [-0.39, 0.29) is 11.5 Å². The van der Waals surface area contributed by atoms with Gasteiger partial charge in [0.05, 0.1) is 12.7 Å². The molecule has 0 saturated heterocycles. The molecule has 0 amide bonds. The summed E-state index contributed by atoms with van der Waals surface area (Å²) in [5.74, 6) is 0.626.